The Hall–Kier alpha value is -4.37. The van der Waals surface area contributed by atoms with E-state index in [9.17, 15) is 4.79 Å². The average molecular weight is 529 g/mol. The Labute approximate surface area is 228 Å². The number of likely N-dealkylation sites (tertiary alicyclic amines) is 1. The molecular weight excluding hydrogens is 492 g/mol. The number of carbonyl (C=O) groups excluding carboxylic acids is 1. The van der Waals surface area contributed by atoms with Gasteiger partial charge in [-0.05, 0) is 67.1 Å². The van der Waals surface area contributed by atoms with Crippen LogP contribution in [0.2, 0.25) is 0 Å². The highest BCUT2D eigenvalue weighted by atomic mass is 16.5. The predicted molar refractivity (Wildman–Crippen MR) is 152 cm³/mol. The lowest BCUT2D eigenvalue weighted by Gasteiger charge is -2.32. The van der Waals surface area contributed by atoms with Crippen LogP contribution in [-0.4, -0.2) is 42.1 Å². The first kappa shape index (κ1) is 27.7. The van der Waals surface area contributed by atoms with Crippen molar-refractivity contribution in [3.8, 4) is 11.5 Å². The molecule has 1 heterocycles. The molecule has 9 heteroatoms. The predicted octanol–water partition coefficient (Wildman–Crippen LogP) is 3.61. The maximum Gasteiger partial charge on any atom is 0.257 e. The van der Waals surface area contributed by atoms with Crippen molar-refractivity contribution in [3.05, 3.63) is 94.5 Å². The van der Waals surface area contributed by atoms with E-state index in [1.54, 1.807) is 36.4 Å². The summed E-state index contributed by atoms with van der Waals surface area (Å²) in [5, 5.41) is 15.3. The van der Waals surface area contributed by atoms with Gasteiger partial charge in [0.15, 0.2) is 0 Å². The SMILES string of the molecule is N=C(N)c1cccc(COc2ccc(C(=O)N3CCC(CCN)CC3)c(OCc3cccc(C(=N)N)c3)c2)c1. The first-order valence-corrected chi connectivity index (χ1v) is 13.1. The van der Waals surface area contributed by atoms with Crippen LogP contribution in [-0.2, 0) is 13.2 Å². The Morgan fingerprint density at radius 3 is 2.00 bits per heavy atom. The minimum absolute atomic E-state index is 0.00342. The number of nitrogens with zero attached hydrogens (tertiary/aromatic N) is 1. The van der Waals surface area contributed by atoms with E-state index in [0.29, 0.717) is 53.7 Å². The first-order valence-electron chi connectivity index (χ1n) is 13.1. The molecule has 8 N–H and O–H groups in total. The van der Waals surface area contributed by atoms with Crippen LogP contribution in [0, 0.1) is 16.7 Å². The normalized spacial score (nSPS) is 13.6. The molecule has 1 amide bonds. The van der Waals surface area contributed by atoms with Crippen LogP contribution in [0.3, 0.4) is 0 Å². The number of ether oxygens (including phenoxy) is 2. The van der Waals surface area contributed by atoms with Crippen LogP contribution in [0.5, 0.6) is 11.5 Å². The Balaban J connectivity index is 1.53. The fraction of sp³-hybridized carbons (Fsp3) is 0.300. The zero-order chi connectivity index (χ0) is 27.8. The summed E-state index contributed by atoms with van der Waals surface area (Å²) in [6.45, 7) is 2.51. The van der Waals surface area contributed by atoms with Crippen molar-refractivity contribution in [3.63, 3.8) is 0 Å². The number of carbonyl (C=O) groups is 1. The van der Waals surface area contributed by atoms with Gasteiger partial charge in [-0.1, -0.05) is 36.4 Å². The molecule has 0 atom stereocenters. The van der Waals surface area contributed by atoms with Gasteiger partial charge in [0, 0.05) is 30.3 Å². The number of benzene rings is 3. The molecular formula is C30H36N6O3. The topological polar surface area (TPSA) is 165 Å². The fourth-order valence-electron chi connectivity index (χ4n) is 4.70. The summed E-state index contributed by atoms with van der Waals surface area (Å²) < 4.78 is 12.2. The van der Waals surface area contributed by atoms with Crippen LogP contribution in [0.4, 0.5) is 0 Å². The van der Waals surface area contributed by atoms with Gasteiger partial charge in [0.2, 0.25) is 0 Å². The largest absolute Gasteiger partial charge is 0.489 e. The molecule has 0 radical (unpaired) electrons. The van der Waals surface area contributed by atoms with Crippen LogP contribution in [0.15, 0.2) is 66.7 Å². The van der Waals surface area contributed by atoms with E-state index in [-0.39, 0.29) is 30.8 Å². The first-order chi connectivity index (χ1) is 18.8. The van der Waals surface area contributed by atoms with E-state index in [0.717, 1.165) is 30.4 Å². The summed E-state index contributed by atoms with van der Waals surface area (Å²) in [4.78, 5) is 15.4. The maximum absolute atomic E-state index is 13.5. The molecule has 0 spiro atoms. The number of nitrogens with one attached hydrogen (secondary N) is 2. The zero-order valence-electron chi connectivity index (χ0n) is 22.0. The van der Waals surface area contributed by atoms with Gasteiger partial charge in [0.25, 0.3) is 5.91 Å². The van der Waals surface area contributed by atoms with Crippen LogP contribution >= 0.6 is 0 Å². The summed E-state index contributed by atoms with van der Waals surface area (Å²) in [6.07, 6.45) is 2.87. The van der Waals surface area contributed by atoms with Gasteiger partial charge in [-0.3, -0.25) is 15.6 Å². The molecule has 4 rings (SSSR count). The minimum Gasteiger partial charge on any atom is -0.489 e. The fourth-order valence-corrected chi connectivity index (χ4v) is 4.70. The molecule has 0 aromatic heterocycles. The van der Waals surface area contributed by atoms with Crippen molar-refractivity contribution >= 4 is 17.6 Å². The van der Waals surface area contributed by atoms with E-state index in [2.05, 4.69) is 0 Å². The number of amides is 1. The third-order valence-corrected chi connectivity index (χ3v) is 6.94. The molecule has 204 valence electrons. The highest BCUT2D eigenvalue weighted by molar-refractivity contribution is 5.97. The van der Waals surface area contributed by atoms with Gasteiger partial charge >= 0.3 is 0 Å². The number of piperidine rings is 1. The number of hydrogen-bond donors (Lipinski definition) is 5. The van der Waals surface area contributed by atoms with E-state index >= 15 is 0 Å². The summed E-state index contributed by atoms with van der Waals surface area (Å²) in [5.41, 5.74) is 20.4. The van der Waals surface area contributed by atoms with E-state index in [1.807, 2.05) is 35.2 Å². The van der Waals surface area contributed by atoms with Gasteiger partial charge in [-0.2, -0.15) is 0 Å². The van der Waals surface area contributed by atoms with Crippen molar-refractivity contribution in [1.29, 1.82) is 10.8 Å². The molecule has 1 saturated heterocycles. The molecule has 9 nitrogen and oxygen atoms in total. The lowest BCUT2D eigenvalue weighted by atomic mass is 9.93. The van der Waals surface area contributed by atoms with Crippen molar-refractivity contribution in [1.82, 2.24) is 4.90 Å². The Bertz CT molecular complexity index is 1330. The molecule has 0 saturated carbocycles. The number of nitrogen functional groups attached to an aromatic ring is 2. The number of hydrogen-bond acceptors (Lipinski definition) is 6. The summed E-state index contributed by atoms with van der Waals surface area (Å²) >= 11 is 0. The second-order valence-corrected chi connectivity index (χ2v) is 9.78. The standard InChI is InChI=1S/C30H36N6O3/c31-12-9-20-10-13-36(14-11-20)30(37)26-8-7-25(38-18-21-3-1-5-23(15-21)28(32)33)17-27(26)39-19-22-4-2-6-24(16-22)29(34)35/h1-8,15-17,20H,9-14,18-19,31H2,(H3,32,33)(H3,34,35). The van der Waals surface area contributed by atoms with Crippen molar-refractivity contribution in [2.75, 3.05) is 19.6 Å². The molecule has 1 fully saturated rings. The monoisotopic (exact) mass is 528 g/mol. The van der Waals surface area contributed by atoms with Gasteiger partial charge in [0.1, 0.15) is 36.4 Å². The number of nitrogens with two attached hydrogens (primary N) is 3. The summed E-state index contributed by atoms with van der Waals surface area (Å²) in [5.74, 6) is 1.43. The van der Waals surface area contributed by atoms with E-state index in [1.165, 1.54) is 0 Å². The summed E-state index contributed by atoms with van der Waals surface area (Å²) in [7, 11) is 0. The van der Waals surface area contributed by atoms with Crippen LogP contribution < -0.4 is 26.7 Å². The van der Waals surface area contributed by atoms with E-state index < -0.39 is 0 Å². The molecule has 39 heavy (non-hydrogen) atoms. The van der Waals surface area contributed by atoms with Crippen molar-refractivity contribution < 1.29 is 14.3 Å². The van der Waals surface area contributed by atoms with Crippen molar-refractivity contribution in [2.24, 2.45) is 23.1 Å². The third kappa shape index (κ3) is 7.36. The Kier molecular flexibility index (Phi) is 9.17. The van der Waals surface area contributed by atoms with Gasteiger partial charge in [-0.25, -0.2) is 0 Å². The second kappa shape index (κ2) is 12.9. The average Bonchev–Trinajstić information content (AvgIpc) is 2.95. The van der Waals surface area contributed by atoms with Gasteiger partial charge < -0.3 is 31.6 Å². The highest BCUT2D eigenvalue weighted by Crippen LogP contribution is 2.30. The molecule has 3 aromatic carbocycles. The van der Waals surface area contributed by atoms with Crippen LogP contribution in [0.1, 0.15) is 51.9 Å². The van der Waals surface area contributed by atoms with Crippen LogP contribution in [0.25, 0.3) is 0 Å². The maximum atomic E-state index is 13.5. The molecule has 0 aliphatic carbocycles. The zero-order valence-corrected chi connectivity index (χ0v) is 22.0. The quantitative estimate of drug-likeness (QED) is 0.188. The lowest BCUT2D eigenvalue weighted by Crippen LogP contribution is -2.39. The highest BCUT2D eigenvalue weighted by Gasteiger charge is 2.25. The minimum atomic E-state index is -0.0746. The molecule has 0 unspecified atom stereocenters. The second-order valence-electron chi connectivity index (χ2n) is 9.78. The molecule has 1 aliphatic heterocycles. The smallest absolute Gasteiger partial charge is 0.257 e. The van der Waals surface area contributed by atoms with Crippen molar-refractivity contribution in [2.45, 2.75) is 32.5 Å². The Morgan fingerprint density at radius 2 is 1.44 bits per heavy atom. The lowest BCUT2D eigenvalue weighted by molar-refractivity contribution is 0.0683. The molecule has 0 bridgehead atoms. The number of rotatable bonds is 11. The summed E-state index contributed by atoms with van der Waals surface area (Å²) in [6, 6.07) is 19.8. The number of amidine groups is 2. The molecule has 1 aliphatic rings. The van der Waals surface area contributed by atoms with Gasteiger partial charge in [0.05, 0.1) is 5.56 Å². The van der Waals surface area contributed by atoms with E-state index in [4.69, 9.17) is 37.5 Å². The Morgan fingerprint density at radius 1 is 0.846 bits per heavy atom. The van der Waals surface area contributed by atoms with Gasteiger partial charge in [-0.15, -0.1) is 0 Å². The molecule has 3 aromatic rings. The third-order valence-electron chi connectivity index (χ3n) is 6.94.